The number of hydrogen-bond donors (Lipinski definition) is 1. The van der Waals surface area contributed by atoms with Crippen molar-refractivity contribution in [2.45, 2.75) is 13.5 Å². The molecule has 0 amide bonds. The van der Waals surface area contributed by atoms with Crippen LogP contribution in [-0.4, -0.2) is 4.98 Å². The van der Waals surface area contributed by atoms with Crippen LogP contribution in [0.2, 0.25) is 0 Å². The molecule has 0 radical (unpaired) electrons. The summed E-state index contributed by atoms with van der Waals surface area (Å²) in [4.78, 5) is 3.89. The fraction of sp³-hybridized carbons (Fsp3) is 0.286. The van der Waals surface area contributed by atoms with Gasteiger partial charge < -0.3 is 5.73 Å². The fourth-order valence-electron chi connectivity index (χ4n) is 0.737. The van der Waals surface area contributed by atoms with Crippen LogP contribution in [0.4, 0.5) is 4.39 Å². The van der Waals surface area contributed by atoms with Crippen molar-refractivity contribution in [2.24, 2.45) is 5.73 Å². The van der Waals surface area contributed by atoms with Crippen LogP contribution in [0, 0.1) is 12.7 Å². The number of aryl methyl sites for hydroxylation is 1. The van der Waals surface area contributed by atoms with Gasteiger partial charge in [-0.05, 0) is 19.1 Å². The van der Waals surface area contributed by atoms with E-state index in [1.807, 2.05) is 0 Å². The number of nitrogens with two attached hydrogens (primary N) is 1. The van der Waals surface area contributed by atoms with Crippen LogP contribution >= 0.6 is 24.8 Å². The lowest BCUT2D eigenvalue weighted by Crippen LogP contribution is -2.03. The Morgan fingerprint density at radius 1 is 1.42 bits per heavy atom. The van der Waals surface area contributed by atoms with E-state index in [0.717, 1.165) is 5.69 Å². The number of nitrogens with zero attached hydrogens (tertiary/aromatic N) is 1. The molecule has 0 aromatic carbocycles. The van der Waals surface area contributed by atoms with Crippen molar-refractivity contribution in [1.29, 1.82) is 0 Å². The first-order valence-corrected chi connectivity index (χ1v) is 3.06. The highest BCUT2D eigenvalue weighted by Crippen LogP contribution is 2.03. The van der Waals surface area contributed by atoms with Gasteiger partial charge in [-0.15, -0.1) is 24.8 Å². The summed E-state index contributed by atoms with van der Waals surface area (Å²) in [5.74, 6) is -0.326. The van der Waals surface area contributed by atoms with Crippen LogP contribution in [0.25, 0.3) is 0 Å². The second-order valence-corrected chi connectivity index (χ2v) is 2.09. The van der Waals surface area contributed by atoms with Crippen molar-refractivity contribution in [2.75, 3.05) is 0 Å². The van der Waals surface area contributed by atoms with Crippen LogP contribution < -0.4 is 5.73 Å². The lowest BCUT2D eigenvalue weighted by atomic mass is 10.3. The highest BCUT2D eigenvalue weighted by Gasteiger charge is 1.99. The minimum absolute atomic E-state index is 0. The van der Waals surface area contributed by atoms with Gasteiger partial charge >= 0.3 is 0 Å². The van der Waals surface area contributed by atoms with Gasteiger partial charge in [0.05, 0.1) is 5.69 Å². The van der Waals surface area contributed by atoms with Crippen molar-refractivity contribution in [3.8, 4) is 0 Å². The molecular weight excluding hydrogens is 202 g/mol. The van der Waals surface area contributed by atoms with E-state index in [0.29, 0.717) is 5.69 Å². The van der Waals surface area contributed by atoms with Crippen molar-refractivity contribution >= 4 is 24.8 Å². The molecule has 1 aromatic heterocycles. The van der Waals surface area contributed by atoms with Crippen molar-refractivity contribution in [1.82, 2.24) is 4.98 Å². The molecular formula is C7H11Cl2FN2. The van der Waals surface area contributed by atoms with E-state index in [1.165, 1.54) is 6.07 Å². The lowest BCUT2D eigenvalue weighted by molar-refractivity contribution is 0.598. The molecule has 0 aliphatic heterocycles. The minimum atomic E-state index is -0.326. The Morgan fingerprint density at radius 2 is 2.00 bits per heavy atom. The van der Waals surface area contributed by atoms with Crippen molar-refractivity contribution in [3.63, 3.8) is 0 Å². The molecule has 1 rings (SSSR count). The summed E-state index contributed by atoms with van der Waals surface area (Å²) in [6.45, 7) is 1.96. The van der Waals surface area contributed by atoms with E-state index in [2.05, 4.69) is 4.98 Å². The summed E-state index contributed by atoms with van der Waals surface area (Å²) in [6.07, 6.45) is 0. The highest BCUT2D eigenvalue weighted by atomic mass is 35.5. The van der Waals surface area contributed by atoms with Crippen LogP contribution in [0.5, 0.6) is 0 Å². The maximum atomic E-state index is 12.6. The first-order valence-electron chi connectivity index (χ1n) is 3.06. The van der Waals surface area contributed by atoms with E-state index in [-0.39, 0.29) is 37.2 Å². The number of halogens is 3. The molecule has 1 aromatic rings. The predicted molar refractivity (Wildman–Crippen MR) is 51.3 cm³/mol. The summed E-state index contributed by atoms with van der Waals surface area (Å²) < 4.78 is 12.6. The summed E-state index contributed by atoms with van der Waals surface area (Å²) in [7, 11) is 0. The number of hydrogen-bond acceptors (Lipinski definition) is 2. The van der Waals surface area contributed by atoms with Gasteiger partial charge in [0.2, 0.25) is 0 Å². The Bertz CT molecular complexity index is 243. The fourth-order valence-corrected chi connectivity index (χ4v) is 0.737. The zero-order valence-corrected chi connectivity index (χ0v) is 8.21. The van der Waals surface area contributed by atoms with Gasteiger partial charge in [-0.25, -0.2) is 4.39 Å². The molecule has 2 nitrogen and oxygen atoms in total. The molecule has 0 saturated heterocycles. The second-order valence-electron chi connectivity index (χ2n) is 2.09. The molecule has 0 spiro atoms. The molecule has 0 atom stereocenters. The largest absolute Gasteiger partial charge is 0.325 e. The SMILES string of the molecule is Cc1ccc(F)c(CN)n1.Cl.Cl. The van der Waals surface area contributed by atoms with Crippen molar-refractivity contribution < 1.29 is 4.39 Å². The Labute approximate surface area is 83.2 Å². The lowest BCUT2D eigenvalue weighted by Gasteiger charge is -1.98. The maximum absolute atomic E-state index is 12.6. The molecule has 0 saturated carbocycles. The third-order valence-corrected chi connectivity index (χ3v) is 1.25. The topological polar surface area (TPSA) is 38.9 Å². The standard InChI is InChI=1S/C7H9FN2.2ClH/c1-5-2-3-6(8)7(4-9)10-5;;/h2-3H,4,9H2,1H3;2*1H. The first kappa shape index (κ1) is 14.2. The van der Waals surface area contributed by atoms with Gasteiger partial charge in [0, 0.05) is 12.2 Å². The zero-order chi connectivity index (χ0) is 7.56. The summed E-state index contributed by atoms with van der Waals surface area (Å²) >= 11 is 0. The molecule has 0 unspecified atom stereocenters. The average molecular weight is 213 g/mol. The third kappa shape index (κ3) is 3.34. The second kappa shape index (κ2) is 6.17. The van der Waals surface area contributed by atoms with E-state index in [1.54, 1.807) is 13.0 Å². The van der Waals surface area contributed by atoms with E-state index in [4.69, 9.17) is 5.73 Å². The molecule has 0 aliphatic carbocycles. The average Bonchev–Trinajstić information content (AvgIpc) is 1.94. The highest BCUT2D eigenvalue weighted by molar-refractivity contribution is 5.85. The number of rotatable bonds is 1. The molecule has 12 heavy (non-hydrogen) atoms. The Kier molecular flexibility index (Phi) is 7.28. The van der Waals surface area contributed by atoms with Crippen LogP contribution in [0.3, 0.4) is 0 Å². The van der Waals surface area contributed by atoms with Gasteiger partial charge in [-0.2, -0.15) is 0 Å². The van der Waals surface area contributed by atoms with Crippen LogP contribution in [0.1, 0.15) is 11.4 Å². The van der Waals surface area contributed by atoms with E-state index in [9.17, 15) is 4.39 Å². The van der Waals surface area contributed by atoms with Gasteiger partial charge in [0.25, 0.3) is 0 Å². The zero-order valence-electron chi connectivity index (χ0n) is 6.58. The van der Waals surface area contributed by atoms with Gasteiger partial charge in [0.1, 0.15) is 5.82 Å². The van der Waals surface area contributed by atoms with Gasteiger partial charge in [-0.3, -0.25) is 4.98 Å². The molecule has 0 bridgehead atoms. The number of pyridine rings is 1. The van der Waals surface area contributed by atoms with Crippen LogP contribution in [0.15, 0.2) is 12.1 Å². The Morgan fingerprint density at radius 3 is 2.42 bits per heavy atom. The molecule has 70 valence electrons. The first-order chi connectivity index (χ1) is 4.74. The van der Waals surface area contributed by atoms with Gasteiger partial charge in [-0.1, -0.05) is 0 Å². The van der Waals surface area contributed by atoms with Crippen LogP contribution in [-0.2, 0) is 6.54 Å². The maximum Gasteiger partial charge on any atom is 0.146 e. The van der Waals surface area contributed by atoms with E-state index < -0.39 is 0 Å². The Hall–Kier alpha value is -0.380. The van der Waals surface area contributed by atoms with Gasteiger partial charge in [0.15, 0.2) is 0 Å². The predicted octanol–water partition coefficient (Wildman–Crippen LogP) is 1.83. The quantitative estimate of drug-likeness (QED) is 0.772. The normalized spacial score (nSPS) is 8.25. The van der Waals surface area contributed by atoms with E-state index >= 15 is 0 Å². The Balaban J connectivity index is 0. The molecule has 0 aliphatic rings. The minimum Gasteiger partial charge on any atom is -0.325 e. The third-order valence-electron chi connectivity index (χ3n) is 1.25. The summed E-state index contributed by atoms with van der Waals surface area (Å²) in [5.41, 5.74) is 6.34. The molecule has 1 heterocycles. The monoisotopic (exact) mass is 212 g/mol. The molecule has 5 heteroatoms. The smallest absolute Gasteiger partial charge is 0.146 e. The molecule has 2 N–H and O–H groups in total. The number of aromatic nitrogens is 1. The van der Waals surface area contributed by atoms with Crippen molar-refractivity contribution in [3.05, 3.63) is 29.3 Å². The molecule has 0 fully saturated rings. The summed E-state index contributed by atoms with van der Waals surface area (Å²) in [6, 6.07) is 3.00. The summed E-state index contributed by atoms with van der Waals surface area (Å²) in [5, 5.41) is 0.